The molecule has 0 aromatic heterocycles. The summed E-state index contributed by atoms with van der Waals surface area (Å²) in [5.74, 6) is -1.39. The number of hydrogen-bond donors (Lipinski definition) is 1. The third-order valence-corrected chi connectivity index (χ3v) is 3.40. The molecule has 1 aromatic rings. The molecule has 1 aromatic carbocycles. The van der Waals surface area contributed by atoms with Crippen LogP contribution < -0.4 is 4.74 Å². The number of hydrogen-bond acceptors (Lipinski definition) is 2. The minimum Gasteiger partial charge on any atom is -0.478 e. The predicted octanol–water partition coefficient (Wildman–Crippen LogP) is 3.91. The summed E-state index contributed by atoms with van der Waals surface area (Å²) in [6.45, 7) is 5.70. The molecule has 0 saturated heterocycles. The van der Waals surface area contributed by atoms with Crippen molar-refractivity contribution in [2.75, 3.05) is 0 Å². The Bertz CT molecular complexity index is 615. The molecule has 0 aliphatic carbocycles. The summed E-state index contributed by atoms with van der Waals surface area (Å²) in [7, 11) is 0. The standard InChI is InChI=1S/C15H15F3O3/c1-7(2)10-5-9-6-11(14(19)20)13(15(16,17)18)21-12(9)4-8(10)3/h4-7,13H,1-3H3,(H,19,20). The molecule has 1 unspecified atom stereocenters. The Balaban J connectivity index is 2.58. The van der Waals surface area contributed by atoms with Crippen molar-refractivity contribution in [3.05, 3.63) is 34.4 Å². The third-order valence-electron chi connectivity index (χ3n) is 3.40. The topological polar surface area (TPSA) is 46.5 Å². The molecule has 1 N–H and O–H groups in total. The average Bonchev–Trinajstić information content (AvgIpc) is 2.34. The fraction of sp³-hybridized carbons (Fsp3) is 0.400. The van der Waals surface area contributed by atoms with Gasteiger partial charge in [-0.25, -0.2) is 4.79 Å². The van der Waals surface area contributed by atoms with E-state index in [4.69, 9.17) is 9.84 Å². The second-order valence-corrected chi connectivity index (χ2v) is 5.35. The second kappa shape index (κ2) is 5.09. The van der Waals surface area contributed by atoms with Gasteiger partial charge in [-0.2, -0.15) is 13.2 Å². The van der Waals surface area contributed by atoms with Crippen molar-refractivity contribution in [3.63, 3.8) is 0 Å². The van der Waals surface area contributed by atoms with E-state index in [0.29, 0.717) is 5.56 Å². The van der Waals surface area contributed by atoms with E-state index >= 15 is 0 Å². The van der Waals surface area contributed by atoms with Gasteiger partial charge in [0.15, 0.2) is 0 Å². The highest BCUT2D eigenvalue weighted by atomic mass is 19.4. The van der Waals surface area contributed by atoms with Gasteiger partial charge in [0, 0.05) is 5.56 Å². The number of ether oxygens (including phenoxy) is 1. The van der Waals surface area contributed by atoms with Crippen molar-refractivity contribution in [2.24, 2.45) is 0 Å². The van der Waals surface area contributed by atoms with Crippen LogP contribution in [0.5, 0.6) is 5.75 Å². The number of benzene rings is 1. The van der Waals surface area contributed by atoms with Crippen molar-refractivity contribution in [1.29, 1.82) is 0 Å². The van der Waals surface area contributed by atoms with Crippen molar-refractivity contribution >= 4 is 12.0 Å². The van der Waals surface area contributed by atoms with Crippen LogP contribution >= 0.6 is 0 Å². The molecule has 3 nitrogen and oxygen atoms in total. The predicted molar refractivity (Wildman–Crippen MR) is 71.4 cm³/mol. The highest BCUT2D eigenvalue weighted by Crippen LogP contribution is 2.39. The molecular formula is C15H15F3O3. The maximum atomic E-state index is 12.9. The lowest BCUT2D eigenvalue weighted by Gasteiger charge is -2.28. The summed E-state index contributed by atoms with van der Waals surface area (Å²) in [6.07, 6.45) is -6.16. The highest BCUT2D eigenvalue weighted by molar-refractivity contribution is 5.95. The Kier molecular flexibility index (Phi) is 3.74. The number of carboxylic acid groups (broad SMARTS) is 1. The lowest BCUT2D eigenvalue weighted by Crippen LogP contribution is -2.40. The first-order valence-corrected chi connectivity index (χ1v) is 6.44. The molecule has 0 fully saturated rings. The number of rotatable bonds is 2. The Morgan fingerprint density at radius 1 is 1.33 bits per heavy atom. The molecule has 21 heavy (non-hydrogen) atoms. The average molecular weight is 300 g/mol. The maximum Gasteiger partial charge on any atom is 0.430 e. The summed E-state index contributed by atoms with van der Waals surface area (Å²) in [4.78, 5) is 11.1. The van der Waals surface area contributed by atoms with Gasteiger partial charge in [0.2, 0.25) is 6.10 Å². The molecule has 0 bridgehead atoms. The highest BCUT2D eigenvalue weighted by Gasteiger charge is 2.48. The van der Waals surface area contributed by atoms with Gasteiger partial charge in [0.05, 0.1) is 5.57 Å². The molecule has 0 saturated carbocycles. The van der Waals surface area contributed by atoms with E-state index in [0.717, 1.165) is 17.2 Å². The zero-order valence-corrected chi connectivity index (χ0v) is 11.8. The molecule has 1 heterocycles. The van der Waals surface area contributed by atoms with E-state index in [1.54, 1.807) is 13.0 Å². The Labute approximate surface area is 120 Å². The van der Waals surface area contributed by atoms with Crippen LogP contribution in [-0.2, 0) is 4.79 Å². The molecular weight excluding hydrogens is 285 g/mol. The van der Waals surface area contributed by atoms with Crippen LogP contribution in [0.25, 0.3) is 6.08 Å². The molecule has 114 valence electrons. The van der Waals surface area contributed by atoms with Gasteiger partial charge in [0.1, 0.15) is 5.75 Å². The van der Waals surface area contributed by atoms with Crippen LogP contribution in [0, 0.1) is 6.92 Å². The lowest BCUT2D eigenvalue weighted by atomic mass is 9.92. The summed E-state index contributed by atoms with van der Waals surface area (Å²) in [6, 6.07) is 3.21. The summed E-state index contributed by atoms with van der Waals surface area (Å²) >= 11 is 0. The summed E-state index contributed by atoms with van der Waals surface area (Å²) < 4.78 is 43.7. The van der Waals surface area contributed by atoms with E-state index in [1.807, 2.05) is 13.8 Å². The van der Waals surface area contributed by atoms with Gasteiger partial charge in [0.25, 0.3) is 0 Å². The van der Waals surface area contributed by atoms with Crippen LogP contribution in [0.2, 0.25) is 0 Å². The quantitative estimate of drug-likeness (QED) is 0.900. The summed E-state index contributed by atoms with van der Waals surface area (Å²) in [5, 5.41) is 8.98. The summed E-state index contributed by atoms with van der Waals surface area (Å²) in [5.41, 5.74) is 1.33. The number of aliphatic carboxylic acids is 1. The first kappa shape index (κ1) is 15.4. The Morgan fingerprint density at radius 3 is 2.43 bits per heavy atom. The molecule has 2 rings (SSSR count). The van der Waals surface area contributed by atoms with Crippen LogP contribution in [0.1, 0.15) is 36.5 Å². The third kappa shape index (κ3) is 2.89. The van der Waals surface area contributed by atoms with Crippen LogP contribution in [0.4, 0.5) is 13.2 Å². The van der Waals surface area contributed by atoms with E-state index in [9.17, 15) is 18.0 Å². The van der Waals surface area contributed by atoms with Crippen molar-refractivity contribution < 1.29 is 27.8 Å². The van der Waals surface area contributed by atoms with Crippen LogP contribution in [-0.4, -0.2) is 23.4 Å². The van der Waals surface area contributed by atoms with Gasteiger partial charge in [-0.3, -0.25) is 0 Å². The number of fused-ring (bicyclic) bond motifs is 1. The van der Waals surface area contributed by atoms with E-state index in [-0.39, 0.29) is 11.7 Å². The van der Waals surface area contributed by atoms with Crippen molar-refractivity contribution in [2.45, 2.75) is 39.0 Å². The maximum absolute atomic E-state index is 12.9. The zero-order valence-electron chi connectivity index (χ0n) is 11.8. The molecule has 1 aliphatic rings. The Hall–Kier alpha value is -1.98. The minimum atomic E-state index is -4.77. The van der Waals surface area contributed by atoms with Crippen LogP contribution in [0.15, 0.2) is 17.7 Å². The first-order valence-electron chi connectivity index (χ1n) is 6.44. The fourth-order valence-corrected chi connectivity index (χ4v) is 2.40. The number of halogens is 3. The minimum absolute atomic E-state index is 0.0595. The number of carboxylic acids is 1. The van der Waals surface area contributed by atoms with Gasteiger partial charge in [-0.1, -0.05) is 13.8 Å². The zero-order chi connectivity index (χ0) is 15.9. The largest absolute Gasteiger partial charge is 0.478 e. The second-order valence-electron chi connectivity index (χ2n) is 5.35. The SMILES string of the molecule is Cc1cc2c(cc1C(C)C)C=C(C(=O)O)C(C(F)(F)F)O2. The van der Waals surface area contributed by atoms with Gasteiger partial charge in [-0.05, 0) is 42.2 Å². The van der Waals surface area contributed by atoms with E-state index in [1.165, 1.54) is 6.07 Å². The molecule has 0 radical (unpaired) electrons. The number of alkyl halides is 3. The fourth-order valence-electron chi connectivity index (χ4n) is 2.40. The van der Waals surface area contributed by atoms with Gasteiger partial charge < -0.3 is 9.84 Å². The molecule has 0 amide bonds. The normalized spacial score (nSPS) is 18.0. The van der Waals surface area contributed by atoms with E-state index < -0.39 is 23.8 Å². The number of carbonyl (C=O) groups is 1. The molecule has 1 aliphatic heterocycles. The molecule has 6 heteroatoms. The number of aryl methyl sites for hydroxylation is 1. The lowest BCUT2D eigenvalue weighted by molar-refractivity contribution is -0.187. The molecule has 0 spiro atoms. The van der Waals surface area contributed by atoms with Gasteiger partial charge in [-0.15, -0.1) is 0 Å². The first-order chi connectivity index (χ1) is 9.61. The molecule has 1 atom stereocenters. The monoisotopic (exact) mass is 300 g/mol. The van der Waals surface area contributed by atoms with E-state index in [2.05, 4.69) is 0 Å². The smallest absolute Gasteiger partial charge is 0.430 e. The van der Waals surface area contributed by atoms with Crippen molar-refractivity contribution in [1.82, 2.24) is 0 Å². The van der Waals surface area contributed by atoms with Crippen LogP contribution in [0.3, 0.4) is 0 Å². The van der Waals surface area contributed by atoms with Gasteiger partial charge >= 0.3 is 12.1 Å². The Morgan fingerprint density at radius 2 is 1.95 bits per heavy atom. The van der Waals surface area contributed by atoms with Crippen molar-refractivity contribution in [3.8, 4) is 5.75 Å².